The molecule has 168 valence electrons. The average Bonchev–Trinajstić information content (AvgIpc) is 3.36. The minimum absolute atomic E-state index is 0.0733. The SMILES string of the molecule is O=C(NCCc1nnc2n1CCN(Cc1ccc(C(F)(F)F)cc1)CC2)[C@H]1CCCO1. The molecule has 1 aromatic heterocycles. The highest BCUT2D eigenvalue weighted by molar-refractivity contribution is 5.80. The van der Waals surface area contributed by atoms with E-state index >= 15 is 0 Å². The molecule has 1 aromatic carbocycles. The Bertz CT molecular complexity index is 891. The first kappa shape index (κ1) is 21.8. The normalized spacial score (nSPS) is 19.8. The molecule has 0 unspecified atom stereocenters. The molecule has 0 spiro atoms. The molecule has 2 aromatic rings. The molecule has 0 bridgehead atoms. The van der Waals surface area contributed by atoms with E-state index in [2.05, 4.69) is 25.0 Å². The first-order chi connectivity index (χ1) is 14.9. The standard InChI is InChI=1S/C21H26F3N5O2/c22-21(23,24)16-5-3-15(4-6-16)14-28-10-8-19-27-26-18(29(19)12-11-28)7-9-25-20(30)17-2-1-13-31-17/h3-6,17H,1-2,7-14H2,(H,25,30)/t17-/m1/s1. The number of rotatable bonds is 6. The zero-order valence-corrected chi connectivity index (χ0v) is 17.2. The maximum absolute atomic E-state index is 12.7. The highest BCUT2D eigenvalue weighted by atomic mass is 19.4. The lowest BCUT2D eigenvalue weighted by atomic mass is 10.1. The molecule has 0 saturated carbocycles. The molecule has 3 heterocycles. The fraction of sp³-hybridized carbons (Fsp3) is 0.571. The number of alkyl halides is 3. The summed E-state index contributed by atoms with van der Waals surface area (Å²) in [6.45, 7) is 3.92. The molecule has 7 nitrogen and oxygen atoms in total. The predicted octanol–water partition coefficient (Wildman–Crippen LogP) is 2.19. The number of hydrogen-bond acceptors (Lipinski definition) is 5. The van der Waals surface area contributed by atoms with Gasteiger partial charge in [0.05, 0.1) is 5.56 Å². The Labute approximate surface area is 178 Å². The number of aromatic nitrogens is 3. The fourth-order valence-corrected chi connectivity index (χ4v) is 4.02. The molecule has 2 aliphatic heterocycles. The molecule has 0 aliphatic carbocycles. The number of benzene rings is 1. The molecule has 1 fully saturated rings. The molecule has 4 rings (SSSR count). The molecule has 0 radical (unpaired) electrons. The van der Waals surface area contributed by atoms with Crippen molar-refractivity contribution < 1.29 is 22.7 Å². The van der Waals surface area contributed by atoms with Crippen molar-refractivity contribution in [1.82, 2.24) is 25.0 Å². The van der Waals surface area contributed by atoms with Crippen LogP contribution in [0, 0.1) is 0 Å². The second kappa shape index (κ2) is 9.35. The van der Waals surface area contributed by atoms with Crippen molar-refractivity contribution in [2.45, 2.75) is 51.1 Å². The van der Waals surface area contributed by atoms with E-state index in [1.54, 1.807) is 0 Å². The van der Waals surface area contributed by atoms with Gasteiger partial charge in [0.2, 0.25) is 5.91 Å². The summed E-state index contributed by atoms with van der Waals surface area (Å²) >= 11 is 0. The first-order valence-electron chi connectivity index (χ1n) is 10.6. The Morgan fingerprint density at radius 3 is 2.68 bits per heavy atom. The number of nitrogens with one attached hydrogen (secondary N) is 1. The van der Waals surface area contributed by atoms with Crippen LogP contribution in [-0.2, 0) is 41.6 Å². The predicted molar refractivity (Wildman–Crippen MR) is 106 cm³/mol. The van der Waals surface area contributed by atoms with E-state index in [4.69, 9.17) is 4.74 Å². The lowest BCUT2D eigenvalue weighted by Crippen LogP contribution is -2.35. The third kappa shape index (κ3) is 5.43. The van der Waals surface area contributed by atoms with Crippen molar-refractivity contribution in [3.05, 3.63) is 47.0 Å². The van der Waals surface area contributed by atoms with Gasteiger partial charge in [-0.1, -0.05) is 12.1 Å². The summed E-state index contributed by atoms with van der Waals surface area (Å²) in [5.41, 5.74) is 0.220. The maximum atomic E-state index is 12.7. The van der Waals surface area contributed by atoms with Gasteiger partial charge in [-0.3, -0.25) is 9.69 Å². The van der Waals surface area contributed by atoms with Crippen molar-refractivity contribution in [3.63, 3.8) is 0 Å². The van der Waals surface area contributed by atoms with Gasteiger partial charge < -0.3 is 14.6 Å². The largest absolute Gasteiger partial charge is 0.416 e. The van der Waals surface area contributed by atoms with Crippen molar-refractivity contribution in [3.8, 4) is 0 Å². The Hall–Kier alpha value is -2.46. The van der Waals surface area contributed by atoms with E-state index < -0.39 is 11.7 Å². The van der Waals surface area contributed by atoms with Crippen molar-refractivity contribution in [2.24, 2.45) is 0 Å². The van der Waals surface area contributed by atoms with Crippen LogP contribution in [0.3, 0.4) is 0 Å². The van der Waals surface area contributed by atoms with Crippen LogP contribution in [0.2, 0.25) is 0 Å². The zero-order valence-electron chi connectivity index (χ0n) is 17.2. The molecule has 1 N–H and O–H groups in total. The monoisotopic (exact) mass is 437 g/mol. The Balaban J connectivity index is 1.29. The summed E-state index contributed by atoms with van der Waals surface area (Å²) in [5.74, 6) is 1.66. The van der Waals surface area contributed by atoms with Gasteiger partial charge >= 0.3 is 6.18 Å². The van der Waals surface area contributed by atoms with Crippen LogP contribution in [0.5, 0.6) is 0 Å². The summed E-state index contributed by atoms with van der Waals surface area (Å²) in [4.78, 5) is 14.3. The summed E-state index contributed by atoms with van der Waals surface area (Å²) in [6, 6.07) is 5.34. The van der Waals surface area contributed by atoms with Crippen LogP contribution >= 0.6 is 0 Å². The first-order valence-corrected chi connectivity index (χ1v) is 10.6. The van der Waals surface area contributed by atoms with Crippen LogP contribution in [-0.4, -0.2) is 57.9 Å². The average molecular weight is 437 g/mol. The number of carbonyl (C=O) groups excluding carboxylic acids is 1. The van der Waals surface area contributed by atoms with Gasteiger partial charge in [0.1, 0.15) is 17.8 Å². The number of carbonyl (C=O) groups is 1. The smallest absolute Gasteiger partial charge is 0.368 e. The molecule has 2 aliphatic rings. The number of nitrogens with zero attached hydrogens (tertiary/aromatic N) is 4. The molecule has 1 atom stereocenters. The maximum Gasteiger partial charge on any atom is 0.416 e. The van der Waals surface area contributed by atoms with Gasteiger partial charge in [-0.2, -0.15) is 13.2 Å². The summed E-state index contributed by atoms with van der Waals surface area (Å²) in [6.07, 6.45) is -1.67. The number of hydrogen-bond donors (Lipinski definition) is 1. The second-order valence-corrected chi connectivity index (χ2v) is 7.95. The van der Waals surface area contributed by atoms with Crippen molar-refractivity contribution in [1.29, 1.82) is 0 Å². The van der Waals surface area contributed by atoms with E-state index in [9.17, 15) is 18.0 Å². The molecular formula is C21H26F3N5O2. The molecule has 10 heteroatoms. The third-order valence-corrected chi connectivity index (χ3v) is 5.75. The quantitative estimate of drug-likeness (QED) is 0.750. The van der Waals surface area contributed by atoms with Crippen LogP contribution in [0.15, 0.2) is 24.3 Å². The van der Waals surface area contributed by atoms with Crippen LogP contribution < -0.4 is 5.32 Å². The molecule has 1 saturated heterocycles. The van der Waals surface area contributed by atoms with Gasteiger partial charge in [0, 0.05) is 52.2 Å². The van der Waals surface area contributed by atoms with E-state index in [1.807, 2.05) is 0 Å². The Morgan fingerprint density at radius 1 is 1.16 bits per heavy atom. The number of ether oxygens (including phenoxy) is 1. The lowest BCUT2D eigenvalue weighted by Gasteiger charge is -2.20. The fourth-order valence-electron chi connectivity index (χ4n) is 4.02. The van der Waals surface area contributed by atoms with E-state index in [0.29, 0.717) is 32.7 Å². The van der Waals surface area contributed by atoms with Gasteiger partial charge in [0.25, 0.3) is 0 Å². The topological polar surface area (TPSA) is 72.3 Å². The lowest BCUT2D eigenvalue weighted by molar-refractivity contribution is -0.137. The number of fused-ring (bicyclic) bond motifs is 1. The highest BCUT2D eigenvalue weighted by Crippen LogP contribution is 2.29. The highest BCUT2D eigenvalue weighted by Gasteiger charge is 2.30. The minimum Gasteiger partial charge on any atom is -0.368 e. The third-order valence-electron chi connectivity index (χ3n) is 5.75. The summed E-state index contributed by atoms with van der Waals surface area (Å²) in [5, 5.41) is 11.5. The molecule has 31 heavy (non-hydrogen) atoms. The Kier molecular flexibility index (Phi) is 6.57. The van der Waals surface area contributed by atoms with Crippen LogP contribution in [0.25, 0.3) is 0 Å². The van der Waals surface area contributed by atoms with Gasteiger partial charge in [-0.25, -0.2) is 0 Å². The van der Waals surface area contributed by atoms with E-state index in [-0.39, 0.29) is 12.0 Å². The minimum atomic E-state index is -4.32. The van der Waals surface area contributed by atoms with E-state index in [1.165, 1.54) is 12.1 Å². The second-order valence-electron chi connectivity index (χ2n) is 7.95. The van der Waals surface area contributed by atoms with Gasteiger partial charge in [-0.05, 0) is 30.5 Å². The molecule has 1 amide bonds. The summed E-state index contributed by atoms with van der Waals surface area (Å²) in [7, 11) is 0. The number of amides is 1. The van der Waals surface area contributed by atoms with Crippen molar-refractivity contribution >= 4 is 5.91 Å². The van der Waals surface area contributed by atoms with Crippen molar-refractivity contribution in [2.75, 3.05) is 26.2 Å². The van der Waals surface area contributed by atoms with Gasteiger partial charge in [0.15, 0.2) is 0 Å². The van der Waals surface area contributed by atoms with Crippen LogP contribution in [0.1, 0.15) is 35.6 Å². The molecular weight excluding hydrogens is 411 g/mol. The number of halogens is 3. The Morgan fingerprint density at radius 2 is 1.97 bits per heavy atom. The van der Waals surface area contributed by atoms with Gasteiger partial charge in [-0.15, -0.1) is 10.2 Å². The van der Waals surface area contributed by atoms with E-state index in [0.717, 1.165) is 61.7 Å². The summed E-state index contributed by atoms with van der Waals surface area (Å²) < 4.78 is 45.7. The zero-order chi connectivity index (χ0) is 21.8. The van der Waals surface area contributed by atoms with Crippen LogP contribution in [0.4, 0.5) is 13.2 Å².